The fraction of sp³-hybridized carbons (Fsp3) is 0.667. The molecule has 0 fully saturated rings. The summed E-state index contributed by atoms with van der Waals surface area (Å²) in [6.45, 7) is 8.34. The van der Waals surface area contributed by atoms with Gasteiger partial charge in [0, 0.05) is 0 Å². The van der Waals surface area contributed by atoms with E-state index < -0.39 is 0 Å². The first-order valence-corrected chi connectivity index (χ1v) is 11.3. The number of nitrogens with two attached hydrogens (primary N) is 1. The predicted octanol–water partition coefficient (Wildman–Crippen LogP) is 4.80. The third kappa shape index (κ3) is 12.7. The second-order valence-electron chi connectivity index (χ2n) is 6.16. The molecule has 1 rings (SSSR count). The highest BCUT2D eigenvalue weighted by molar-refractivity contribution is 8.14. The molecule has 1 aromatic rings. The lowest BCUT2D eigenvalue weighted by molar-refractivity contribution is 0.270. The van der Waals surface area contributed by atoms with Gasteiger partial charge in [-0.1, -0.05) is 50.0 Å². The highest BCUT2D eigenvalue weighted by Crippen LogP contribution is 2.13. The Bertz CT molecular complexity index is 392. The van der Waals surface area contributed by atoms with E-state index in [1.54, 1.807) is 0 Å². The van der Waals surface area contributed by atoms with Crippen molar-refractivity contribution in [2.75, 3.05) is 38.2 Å². The van der Waals surface area contributed by atoms with Crippen LogP contribution in [-0.2, 0) is 6.42 Å². The summed E-state index contributed by atoms with van der Waals surface area (Å²) in [5.74, 6) is 6.92. The summed E-state index contributed by atoms with van der Waals surface area (Å²) in [6, 6.07) is 10.9. The van der Waals surface area contributed by atoms with Crippen LogP contribution in [0.5, 0.6) is 0 Å². The van der Waals surface area contributed by atoms with E-state index in [1.807, 2.05) is 0 Å². The number of unbranched alkanes of at least 4 members (excludes halogenated alkanes) is 1. The van der Waals surface area contributed by atoms with Crippen LogP contribution >= 0.6 is 10.5 Å². The number of aryl methyl sites for hydroxylation is 1. The van der Waals surface area contributed by atoms with E-state index in [0.29, 0.717) is 10.5 Å². The van der Waals surface area contributed by atoms with Gasteiger partial charge in [0.1, 0.15) is 0 Å². The zero-order valence-electron chi connectivity index (χ0n) is 16.3. The van der Waals surface area contributed by atoms with Crippen LogP contribution in [0.1, 0.15) is 51.5 Å². The average Bonchev–Trinajstić information content (AvgIpc) is 2.61. The first-order chi connectivity index (χ1) is 11.8. The van der Waals surface area contributed by atoms with Crippen molar-refractivity contribution in [1.29, 1.82) is 0 Å². The van der Waals surface area contributed by atoms with Gasteiger partial charge in [-0.15, -0.1) is 0 Å². The molecule has 24 heavy (non-hydrogen) atoms. The molecule has 0 radical (unpaired) electrons. The van der Waals surface area contributed by atoms with Gasteiger partial charge in [0.05, 0.1) is 0 Å². The van der Waals surface area contributed by atoms with Crippen molar-refractivity contribution in [2.24, 2.45) is 5.73 Å². The van der Waals surface area contributed by atoms with Gasteiger partial charge in [0.25, 0.3) is 0 Å². The van der Waals surface area contributed by atoms with Crippen LogP contribution in [0.4, 0.5) is 0 Å². The van der Waals surface area contributed by atoms with Gasteiger partial charge in [0.2, 0.25) is 0 Å². The van der Waals surface area contributed by atoms with Gasteiger partial charge in [-0.2, -0.15) is 10.5 Å². The lowest BCUT2D eigenvalue weighted by Gasteiger charge is -2.22. The Morgan fingerprint density at radius 1 is 0.875 bits per heavy atom. The van der Waals surface area contributed by atoms with Crippen molar-refractivity contribution < 1.29 is 0 Å². The van der Waals surface area contributed by atoms with E-state index in [-0.39, 0.29) is 0 Å². The maximum Gasteiger partial charge on any atom is -0.00111 e. The van der Waals surface area contributed by atoms with Crippen LogP contribution in [0.3, 0.4) is 0 Å². The van der Waals surface area contributed by atoms with Gasteiger partial charge in [-0.25, -0.2) is 0 Å². The fourth-order valence-corrected chi connectivity index (χ4v) is 4.16. The summed E-state index contributed by atoms with van der Waals surface area (Å²) in [6.07, 6.45) is 7.72. The van der Waals surface area contributed by atoms with Crippen molar-refractivity contribution >= 4 is 16.4 Å². The summed E-state index contributed by atoms with van der Waals surface area (Å²) in [5.41, 5.74) is 5.98. The lowest BCUT2D eigenvalue weighted by atomic mass is 10.1. The van der Waals surface area contributed by atoms with Gasteiger partial charge in [0.15, 0.2) is 0 Å². The van der Waals surface area contributed by atoms with E-state index in [0.717, 1.165) is 0 Å². The maximum atomic E-state index is 4.50. The summed E-state index contributed by atoms with van der Waals surface area (Å²) in [7, 11) is 1.90. The molecule has 2 N–H and O–H groups in total. The van der Waals surface area contributed by atoms with Gasteiger partial charge < -0.3 is 10.6 Å². The third-order valence-corrected chi connectivity index (χ3v) is 5.82. The highest BCUT2D eigenvalue weighted by atomic mass is 32.2. The van der Waals surface area contributed by atoms with Crippen LogP contribution in [-0.4, -0.2) is 49.0 Å². The van der Waals surface area contributed by atoms with Crippen molar-refractivity contribution in [3.63, 3.8) is 0 Å². The minimum absolute atomic E-state index is 0.401. The molecular weight excluding hydrogens is 312 g/mol. The molecule has 0 aliphatic heterocycles. The third-order valence-electron chi connectivity index (χ3n) is 3.97. The molecule has 140 valence electrons. The Balaban J connectivity index is 0.00000254. The van der Waals surface area contributed by atoms with Gasteiger partial charge in [-0.05, 0) is 82.3 Å². The van der Waals surface area contributed by atoms with Crippen LogP contribution in [0, 0.1) is 0 Å². The molecule has 1 aromatic carbocycles. The Labute approximate surface area is 153 Å². The van der Waals surface area contributed by atoms with E-state index in [1.165, 1.54) is 82.3 Å². The summed E-state index contributed by atoms with van der Waals surface area (Å²) in [4.78, 5) is 2.66. The second kappa shape index (κ2) is 17.2. The minimum Gasteiger partial charge on any atom is -0.333 e. The van der Waals surface area contributed by atoms with Crippen LogP contribution in [0.2, 0.25) is 0 Å². The summed E-state index contributed by atoms with van der Waals surface area (Å²) in [5, 5.41) is 0. The molecule has 0 heterocycles. The first-order valence-electron chi connectivity index (χ1n) is 9.57. The maximum absolute atomic E-state index is 4.50. The lowest BCUT2D eigenvalue weighted by Crippen LogP contribution is -2.27. The van der Waals surface area contributed by atoms with Crippen LogP contribution in [0.15, 0.2) is 30.3 Å². The standard InChI is InChI=1S/C20H35NS.CH5N/c1-4-15-21(17-11-19-22(3)18-5-2)16-10-9-14-20-12-7-6-8-13-20;1-2/h6-8,12-13H,3-5,9-11,14-19H2,1-2H3;2H2,1H3. The molecule has 0 saturated heterocycles. The molecule has 1 atom stereocenters. The number of hydrogen-bond donors (Lipinski definition) is 1. The van der Waals surface area contributed by atoms with E-state index >= 15 is 0 Å². The number of rotatable bonds is 13. The molecular formula is C21H40N2S. The van der Waals surface area contributed by atoms with Crippen molar-refractivity contribution in [1.82, 2.24) is 4.90 Å². The molecule has 0 aliphatic carbocycles. The molecule has 0 aliphatic rings. The summed E-state index contributed by atoms with van der Waals surface area (Å²) < 4.78 is 0. The molecule has 2 nitrogen and oxygen atoms in total. The Kier molecular flexibility index (Phi) is 16.7. The second-order valence-corrected chi connectivity index (χ2v) is 8.20. The SMILES string of the molecule is C=S(CCC)CCCN(CCC)CCCCc1ccccc1.CN. The van der Waals surface area contributed by atoms with Gasteiger partial charge in [-0.3, -0.25) is 0 Å². The molecule has 1 unspecified atom stereocenters. The first kappa shape index (κ1) is 23.4. The monoisotopic (exact) mass is 352 g/mol. The quantitative estimate of drug-likeness (QED) is 0.408. The molecule has 0 aromatic heterocycles. The normalized spacial score (nSPS) is 11.9. The Morgan fingerprint density at radius 2 is 1.54 bits per heavy atom. The topological polar surface area (TPSA) is 29.3 Å². The molecule has 0 saturated carbocycles. The van der Waals surface area contributed by atoms with Crippen molar-refractivity contribution in [2.45, 2.75) is 52.4 Å². The molecule has 0 amide bonds. The molecule has 3 heteroatoms. The number of hydrogen-bond acceptors (Lipinski definition) is 2. The zero-order chi connectivity index (χ0) is 18.0. The highest BCUT2D eigenvalue weighted by Gasteiger charge is 2.04. The smallest absolute Gasteiger partial charge is 0.00111 e. The van der Waals surface area contributed by atoms with Gasteiger partial charge >= 0.3 is 0 Å². The molecule has 0 bridgehead atoms. The van der Waals surface area contributed by atoms with E-state index in [2.05, 4.69) is 60.7 Å². The van der Waals surface area contributed by atoms with Crippen molar-refractivity contribution in [3.8, 4) is 0 Å². The van der Waals surface area contributed by atoms with E-state index in [4.69, 9.17) is 0 Å². The minimum atomic E-state index is 0.401. The fourth-order valence-electron chi connectivity index (χ4n) is 2.84. The van der Waals surface area contributed by atoms with Crippen LogP contribution < -0.4 is 5.73 Å². The molecule has 0 spiro atoms. The number of nitrogens with zero attached hydrogens (tertiary/aromatic N) is 1. The average molecular weight is 353 g/mol. The largest absolute Gasteiger partial charge is 0.333 e. The Morgan fingerprint density at radius 3 is 2.17 bits per heavy atom. The summed E-state index contributed by atoms with van der Waals surface area (Å²) >= 11 is 0. The zero-order valence-corrected chi connectivity index (χ0v) is 17.1. The number of benzene rings is 1. The van der Waals surface area contributed by atoms with Crippen molar-refractivity contribution in [3.05, 3.63) is 35.9 Å². The van der Waals surface area contributed by atoms with E-state index in [9.17, 15) is 0 Å². The van der Waals surface area contributed by atoms with Crippen LogP contribution in [0.25, 0.3) is 0 Å². The Hall–Kier alpha value is -0.640. The predicted molar refractivity (Wildman–Crippen MR) is 116 cm³/mol.